The average Bonchev–Trinajstić information content (AvgIpc) is 2.69. The molecule has 1 aliphatic rings. The van der Waals surface area contributed by atoms with E-state index in [0.29, 0.717) is 42.6 Å². The minimum absolute atomic E-state index is 0.148. The molecule has 10 heteroatoms. The summed E-state index contributed by atoms with van der Waals surface area (Å²) in [7, 11) is -1.99. The number of sulfonamides is 1. The van der Waals surface area contributed by atoms with Gasteiger partial charge in [-0.15, -0.1) is 0 Å². The number of nitrogens with zero attached hydrogens (tertiary/aromatic N) is 1. The zero-order valence-corrected chi connectivity index (χ0v) is 19.0. The van der Waals surface area contributed by atoms with E-state index < -0.39 is 10.0 Å². The standard InChI is InChI=1S/C19H21BrClN3O4S/c1-28-18-7-4-15(12-17(18)21)22-19(25)13-23-8-10-24(11-9-23)29(26,27)16-5-2-14(20)3-6-16/h2-7,12H,8-11,13H2,1H3,(H,22,25)/p+1. The Balaban J connectivity index is 1.53. The number of halogens is 2. The lowest BCUT2D eigenvalue weighted by Crippen LogP contribution is -3.15. The molecular weight excluding hydrogens is 482 g/mol. The summed E-state index contributed by atoms with van der Waals surface area (Å²) in [6.45, 7) is 2.12. The monoisotopic (exact) mass is 502 g/mol. The molecule has 1 saturated heterocycles. The quantitative estimate of drug-likeness (QED) is 0.628. The zero-order chi connectivity index (χ0) is 21.0. The van der Waals surface area contributed by atoms with E-state index in [9.17, 15) is 13.2 Å². The lowest BCUT2D eigenvalue weighted by Gasteiger charge is -2.31. The third-order valence-electron chi connectivity index (χ3n) is 4.73. The van der Waals surface area contributed by atoms with Crippen molar-refractivity contribution in [2.24, 2.45) is 0 Å². The maximum atomic E-state index is 12.8. The first-order chi connectivity index (χ1) is 13.8. The molecule has 0 bridgehead atoms. The Morgan fingerprint density at radius 2 is 1.86 bits per heavy atom. The van der Waals surface area contributed by atoms with Crippen molar-refractivity contribution in [3.05, 3.63) is 52.0 Å². The summed E-state index contributed by atoms with van der Waals surface area (Å²) in [6, 6.07) is 11.7. The minimum Gasteiger partial charge on any atom is -0.495 e. The van der Waals surface area contributed by atoms with Gasteiger partial charge in [-0.25, -0.2) is 8.42 Å². The number of anilines is 1. The van der Waals surface area contributed by atoms with Crippen LogP contribution in [0.3, 0.4) is 0 Å². The second-order valence-corrected chi connectivity index (χ2v) is 9.94. The summed E-state index contributed by atoms with van der Waals surface area (Å²) in [6.07, 6.45) is 0. The van der Waals surface area contributed by atoms with Crippen LogP contribution in [-0.2, 0) is 14.8 Å². The van der Waals surface area contributed by atoms with Crippen molar-refractivity contribution in [1.29, 1.82) is 0 Å². The second kappa shape index (κ2) is 9.44. The number of benzene rings is 2. The number of ether oxygens (including phenoxy) is 1. The van der Waals surface area contributed by atoms with Gasteiger partial charge in [-0.3, -0.25) is 4.79 Å². The van der Waals surface area contributed by atoms with Crippen LogP contribution in [0.2, 0.25) is 5.02 Å². The van der Waals surface area contributed by atoms with E-state index in [1.165, 1.54) is 11.4 Å². The van der Waals surface area contributed by atoms with Gasteiger partial charge in [-0.05, 0) is 42.5 Å². The number of piperazine rings is 1. The third kappa shape index (κ3) is 5.49. The van der Waals surface area contributed by atoms with Gasteiger partial charge in [-0.1, -0.05) is 27.5 Å². The third-order valence-corrected chi connectivity index (χ3v) is 7.46. The molecule has 0 saturated carbocycles. The zero-order valence-electron chi connectivity index (χ0n) is 15.8. The van der Waals surface area contributed by atoms with Crippen LogP contribution in [-0.4, -0.2) is 58.5 Å². The summed E-state index contributed by atoms with van der Waals surface area (Å²) in [5, 5.41) is 3.24. The van der Waals surface area contributed by atoms with Crippen LogP contribution in [0.4, 0.5) is 5.69 Å². The highest BCUT2D eigenvalue weighted by Gasteiger charge is 2.31. The number of carbonyl (C=O) groups excluding carboxylic acids is 1. The largest absolute Gasteiger partial charge is 0.495 e. The smallest absolute Gasteiger partial charge is 0.279 e. The molecule has 0 atom stereocenters. The van der Waals surface area contributed by atoms with Gasteiger partial charge in [0.15, 0.2) is 6.54 Å². The van der Waals surface area contributed by atoms with E-state index >= 15 is 0 Å². The molecule has 0 unspecified atom stereocenters. The van der Waals surface area contributed by atoms with Crippen molar-refractivity contribution < 1.29 is 22.8 Å². The average molecular weight is 504 g/mol. The van der Waals surface area contributed by atoms with Gasteiger partial charge < -0.3 is 15.0 Å². The van der Waals surface area contributed by atoms with Crippen molar-refractivity contribution in [2.45, 2.75) is 4.90 Å². The highest BCUT2D eigenvalue weighted by atomic mass is 79.9. The van der Waals surface area contributed by atoms with Crippen LogP contribution < -0.4 is 15.0 Å². The first kappa shape index (κ1) is 22.0. The molecule has 156 valence electrons. The maximum Gasteiger partial charge on any atom is 0.279 e. The van der Waals surface area contributed by atoms with Crippen LogP contribution in [0.25, 0.3) is 0 Å². The second-order valence-electron chi connectivity index (χ2n) is 6.68. The lowest BCUT2D eigenvalue weighted by atomic mass is 10.3. The van der Waals surface area contributed by atoms with Gasteiger partial charge in [0.25, 0.3) is 5.91 Å². The van der Waals surface area contributed by atoms with Gasteiger partial charge >= 0.3 is 0 Å². The van der Waals surface area contributed by atoms with E-state index in [4.69, 9.17) is 16.3 Å². The molecule has 3 rings (SSSR count). The van der Waals surface area contributed by atoms with Crippen molar-refractivity contribution in [3.63, 3.8) is 0 Å². The fraction of sp³-hybridized carbons (Fsp3) is 0.316. The number of methoxy groups -OCH3 is 1. The van der Waals surface area contributed by atoms with Gasteiger partial charge in [0, 0.05) is 10.2 Å². The van der Waals surface area contributed by atoms with Crippen molar-refractivity contribution in [3.8, 4) is 5.75 Å². The Hall–Kier alpha value is -1.65. The number of hydrogen-bond acceptors (Lipinski definition) is 4. The van der Waals surface area contributed by atoms with Crippen LogP contribution in [0.1, 0.15) is 0 Å². The summed E-state index contributed by atoms with van der Waals surface area (Å²) >= 11 is 9.39. The highest BCUT2D eigenvalue weighted by Crippen LogP contribution is 2.27. The normalized spacial score (nSPS) is 15.8. The summed E-state index contributed by atoms with van der Waals surface area (Å²) in [5.74, 6) is 0.392. The predicted octanol–water partition coefficient (Wildman–Crippen LogP) is 1.64. The molecule has 0 radical (unpaired) electrons. The number of hydrogen-bond donors (Lipinski definition) is 2. The molecule has 2 aromatic rings. The summed E-state index contributed by atoms with van der Waals surface area (Å²) in [5.41, 5.74) is 0.594. The van der Waals surface area contributed by atoms with Crippen LogP contribution in [0.15, 0.2) is 51.8 Å². The van der Waals surface area contributed by atoms with Crippen molar-refractivity contribution >= 4 is 49.1 Å². The molecule has 0 spiro atoms. The van der Waals surface area contributed by atoms with Crippen molar-refractivity contribution in [2.75, 3.05) is 45.2 Å². The Morgan fingerprint density at radius 3 is 2.45 bits per heavy atom. The molecule has 7 nitrogen and oxygen atoms in total. The minimum atomic E-state index is -3.52. The molecule has 0 aliphatic carbocycles. The van der Waals surface area contributed by atoms with Crippen LogP contribution >= 0.6 is 27.5 Å². The van der Waals surface area contributed by atoms with E-state index in [1.54, 1.807) is 42.5 Å². The number of nitrogens with one attached hydrogen (secondary N) is 2. The Kier molecular flexibility index (Phi) is 7.18. The number of rotatable bonds is 6. The highest BCUT2D eigenvalue weighted by molar-refractivity contribution is 9.10. The van der Waals surface area contributed by atoms with Gasteiger partial charge in [0.05, 0.1) is 43.2 Å². The molecular formula is C19H22BrClN3O4S+. The Morgan fingerprint density at radius 1 is 1.21 bits per heavy atom. The van der Waals surface area contributed by atoms with E-state index in [-0.39, 0.29) is 17.3 Å². The van der Waals surface area contributed by atoms with Gasteiger partial charge in [-0.2, -0.15) is 4.31 Å². The summed E-state index contributed by atoms with van der Waals surface area (Å²) in [4.78, 5) is 13.6. The Labute approximate surface area is 183 Å². The van der Waals surface area contributed by atoms with E-state index in [0.717, 1.165) is 9.37 Å². The lowest BCUT2D eigenvalue weighted by molar-refractivity contribution is -0.895. The van der Waals surface area contributed by atoms with E-state index in [1.807, 2.05) is 0 Å². The number of amides is 1. The van der Waals surface area contributed by atoms with Gasteiger partial charge in [0.2, 0.25) is 10.0 Å². The van der Waals surface area contributed by atoms with Crippen molar-refractivity contribution in [1.82, 2.24) is 4.31 Å². The SMILES string of the molecule is COc1ccc(NC(=O)C[NH+]2CCN(S(=O)(=O)c3ccc(Br)cc3)CC2)cc1Cl. The molecule has 1 fully saturated rings. The molecule has 2 N–H and O–H groups in total. The predicted molar refractivity (Wildman–Crippen MR) is 115 cm³/mol. The molecule has 1 aliphatic heterocycles. The van der Waals surface area contributed by atoms with E-state index in [2.05, 4.69) is 21.2 Å². The molecule has 29 heavy (non-hydrogen) atoms. The molecule has 2 aromatic carbocycles. The molecule has 1 heterocycles. The van der Waals surface area contributed by atoms with Crippen LogP contribution in [0, 0.1) is 0 Å². The fourth-order valence-corrected chi connectivity index (χ4v) is 5.12. The number of carbonyl (C=O) groups is 1. The molecule has 1 amide bonds. The first-order valence-electron chi connectivity index (χ1n) is 9.02. The topological polar surface area (TPSA) is 80.2 Å². The molecule has 0 aromatic heterocycles. The maximum absolute atomic E-state index is 12.8. The number of quaternary nitrogens is 1. The first-order valence-corrected chi connectivity index (χ1v) is 11.6. The van der Waals surface area contributed by atoms with Crippen LogP contribution in [0.5, 0.6) is 5.75 Å². The Bertz CT molecular complexity index is 977. The van der Waals surface area contributed by atoms with Gasteiger partial charge in [0.1, 0.15) is 5.75 Å². The fourth-order valence-electron chi connectivity index (χ4n) is 3.15. The summed E-state index contributed by atoms with van der Waals surface area (Å²) < 4.78 is 32.9.